The number of carbonyl (C=O) groups excluding carboxylic acids is 1. The van der Waals surface area contributed by atoms with Crippen LogP contribution >= 0.6 is 11.6 Å². The van der Waals surface area contributed by atoms with Crippen molar-refractivity contribution in [3.05, 3.63) is 58.9 Å². The number of benzene rings is 1. The molecule has 2 aromatic rings. The minimum Gasteiger partial charge on any atom is -0.505 e. The molecule has 1 fully saturated rings. The molecule has 1 N–H and O–H groups in total. The summed E-state index contributed by atoms with van der Waals surface area (Å²) >= 11 is 6.02. The van der Waals surface area contributed by atoms with E-state index in [0.717, 1.165) is 18.4 Å². The number of pyridine rings is 1. The van der Waals surface area contributed by atoms with Crippen LogP contribution in [-0.2, 0) is 4.74 Å². The van der Waals surface area contributed by atoms with Crippen molar-refractivity contribution in [3.63, 3.8) is 0 Å². The highest BCUT2D eigenvalue weighted by Crippen LogP contribution is 2.36. The highest BCUT2D eigenvalue weighted by molar-refractivity contribution is 6.30. The van der Waals surface area contributed by atoms with E-state index in [0.29, 0.717) is 18.2 Å². The molecule has 0 radical (unpaired) electrons. The second-order valence-corrected chi connectivity index (χ2v) is 6.67. The van der Waals surface area contributed by atoms with Crippen molar-refractivity contribution in [2.45, 2.75) is 18.9 Å². The molecule has 1 amide bonds. The molecule has 0 aliphatic carbocycles. The van der Waals surface area contributed by atoms with Crippen LogP contribution in [0.5, 0.6) is 5.75 Å². The van der Waals surface area contributed by atoms with Gasteiger partial charge in [0, 0.05) is 31.5 Å². The molecule has 0 bridgehead atoms. The van der Waals surface area contributed by atoms with Gasteiger partial charge in [-0.15, -0.1) is 0 Å². The molecular formula is C19H21ClN2O3. The molecule has 0 spiro atoms. The van der Waals surface area contributed by atoms with Crippen LogP contribution in [0.4, 0.5) is 0 Å². The first-order valence-corrected chi connectivity index (χ1v) is 8.70. The molecule has 1 aromatic heterocycles. The van der Waals surface area contributed by atoms with E-state index in [-0.39, 0.29) is 29.3 Å². The first kappa shape index (κ1) is 17.7. The largest absolute Gasteiger partial charge is 0.505 e. The Morgan fingerprint density at radius 1 is 1.28 bits per heavy atom. The van der Waals surface area contributed by atoms with Crippen molar-refractivity contribution in [1.29, 1.82) is 0 Å². The van der Waals surface area contributed by atoms with Crippen LogP contribution in [0.25, 0.3) is 0 Å². The molecule has 5 nitrogen and oxygen atoms in total. The quantitative estimate of drug-likeness (QED) is 0.903. The Balaban J connectivity index is 1.94. The van der Waals surface area contributed by atoms with Crippen molar-refractivity contribution in [1.82, 2.24) is 9.88 Å². The number of nitrogens with zero attached hydrogens (tertiary/aromatic N) is 2. The SMILES string of the molecule is CN(C(=O)c1ncccc1O)C(c1ccc(Cl)cc1)C1CCOCC1. The Bertz CT molecular complexity index is 730. The standard InChI is InChI=1S/C19H21ClN2O3/c1-22(19(24)17-16(23)3-2-10-21-17)18(14-8-11-25-12-9-14)13-4-6-15(20)7-5-13/h2-7,10,14,18,23H,8-9,11-12H2,1H3. The summed E-state index contributed by atoms with van der Waals surface area (Å²) in [6.07, 6.45) is 3.25. The molecule has 1 saturated heterocycles. The first-order valence-electron chi connectivity index (χ1n) is 8.32. The summed E-state index contributed by atoms with van der Waals surface area (Å²) in [4.78, 5) is 18.7. The van der Waals surface area contributed by atoms with Crippen LogP contribution in [0.15, 0.2) is 42.6 Å². The van der Waals surface area contributed by atoms with Crippen molar-refractivity contribution < 1.29 is 14.6 Å². The highest BCUT2D eigenvalue weighted by atomic mass is 35.5. The van der Waals surface area contributed by atoms with Crippen LogP contribution in [0.2, 0.25) is 5.02 Å². The maximum atomic E-state index is 12.9. The monoisotopic (exact) mass is 360 g/mol. The van der Waals surface area contributed by atoms with Crippen molar-refractivity contribution in [3.8, 4) is 5.75 Å². The molecule has 1 aliphatic heterocycles. The predicted octanol–water partition coefficient (Wildman–Crippen LogP) is 3.68. The zero-order valence-corrected chi connectivity index (χ0v) is 14.8. The second-order valence-electron chi connectivity index (χ2n) is 6.23. The van der Waals surface area contributed by atoms with Gasteiger partial charge in [0.2, 0.25) is 0 Å². The average Bonchev–Trinajstić information content (AvgIpc) is 2.64. The van der Waals surface area contributed by atoms with E-state index in [2.05, 4.69) is 4.98 Å². The van der Waals surface area contributed by atoms with Gasteiger partial charge in [-0.3, -0.25) is 4.79 Å². The fourth-order valence-electron chi connectivity index (χ4n) is 3.36. The number of ether oxygens (including phenoxy) is 1. The van der Waals surface area contributed by atoms with Crippen molar-refractivity contribution in [2.75, 3.05) is 20.3 Å². The number of hydrogen-bond donors (Lipinski definition) is 1. The van der Waals surface area contributed by atoms with Gasteiger partial charge in [-0.05, 0) is 48.6 Å². The van der Waals surface area contributed by atoms with Gasteiger partial charge in [-0.2, -0.15) is 0 Å². The van der Waals surface area contributed by atoms with Gasteiger partial charge in [-0.25, -0.2) is 4.98 Å². The minimum atomic E-state index is -0.301. The van der Waals surface area contributed by atoms with Gasteiger partial charge in [0.25, 0.3) is 5.91 Å². The first-order chi connectivity index (χ1) is 12.1. The third-order valence-electron chi connectivity index (χ3n) is 4.65. The fourth-order valence-corrected chi connectivity index (χ4v) is 3.48. The van der Waals surface area contributed by atoms with Gasteiger partial charge in [-0.1, -0.05) is 23.7 Å². The minimum absolute atomic E-state index is 0.0658. The lowest BCUT2D eigenvalue weighted by molar-refractivity contribution is 0.0276. The van der Waals surface area contributed by atoms with E-state index in [1.54, 1.807) is 18.0 Å². The lowest BCUT2D eigenvalue weighted by atomic mass is 9.86. The zero-order valence-electron chi connectivity index (χ0n) is 14.1. The lowest BCUT2D eigenvalue weighted by Gasteiger charge is -2.37. The summed E-state index contributed by atoms with van der Waals surface area (Å²) in [5, 5.41) is 10.6. The summed E-state index contributed by atoms with van der Waals surface area (Å²) in [7, 11) is 1.76. The number of rotatable bonds is 4. The average molecular weight is 361 g/mol. The second kappa shape index (κ2) is 7.85. The molecule has 1 atom stereocenters. The third kappa shape index (κ3) is 3.94. The van der Waals surface area contributed by atoms with E-state index in [4.69, 9.17) is 16.3 Å². The number of halogens is 1. The van der Waals surface area contributed by atoms with Gasteiger partial charge < -0.3 is 14.7 Å². The lowest BCUT2D eigenvalue weighted by Crippen LogP contribution is -2.38. The Morgan fingerprint density at radius 3 is 2.60 bits per heavy atom. The van der Waals surface area contributed by atoms with Gasteiger partial charge in [0.15, 0.2) is 5.69 Å². The molecule has 6 heteroatoms. The van der Waals surface area contributed by atoms with E-state index in [9.17, 15) is 9.90 Å². The van der Waals surface area contributed by atoms with Crippen molar-refractivity contribution in [2.24, 2.45) is 5.92 Å². The van der Waals surface area contributed by atoms with E-state index < -0.39 is 0 Å². The molecule has 3 rings (SSSR count). The Morgan fingerprint density at radius 2 is 1.96 bits per heavy atom. The fraction of sp³-hybridized carbons (Fsp3) is 0.368. The highest BCUT2D eigenvalue weighted by Gasteiger charge is 2.32. The number of aromatic nitrogens is 1. The van der Waals surface area contributed by atoms with Gasteiger partial charge in [0.1, 0.15) is 5.75 Å². The molecular weight excluding hydrogens is 340 g/mol. The molecule has 25 heavy (non-hydrogen) atoms. The van der Waals surface area contributed by atoms with Crippen LogP contribution in [0, 0.1) is 5.92 Å². The third-order valence-corrected chi connectivity index (χ3v) is 4.90. The molecule has 1 aromatic carbocycles. The molecule has 1 aliphatic rings. The molecule has 0 saturated carbocycles. The van der Waals surface area contributed by atoms with Crippen molar-refractivity contribution >= 4 is 17.5 Å². The predicted molar refractivity (Wildman–Crippen MR) is 95.7 cm³/mol. The summed E-state index contributed by atoms with van der Waals surface area (Å²) in [6.45, 7) is 1.37. The Hall–Kier alpha value is -2.11. The zero-order chi connectivity index (χ0) is 17.8. The van der Waals surface area contributed by atoms with Gasteiger partial charge in [0.05, 0.1) is 6.04 Å². The normalized spacial score (nSPS) is 16.4. The Kier molecular flexibility index (Phi) is 5.56. The molecule has 2 heterocycles. The summed E-state index contributed by atoms with van der Waals surface area (Å²) in [5.41, 5.74) is 1.08. The Labute approximate surface area is 152 Å². The van der Waals surface area contributed by atoms with E-state index >= 15 is 0 Å². The van der Waals surface area contributed by atoms with Crippen LogP contribution < -0.4 is 0 Å². The molecule has 132 valence electrons. The van der Waals surface area contributed by atoms with E-state index in [1.807, 2.05) is 24.3 Å². The van der Waals surface area contributed by atoms with Crippen LogP contribution in [0.3, 0.4) is 0 Å². The van der Waals surface area contributed by atoms with Gasteiger partial charge >= 0.3 is 0 Å². The summed E-state index contributed by atoms with van der Waals surface area (Å²) in [6, 6.07) is 10.5. The van der Waals surface area contributed by atoms with Crippen LogP contribution in [0.1, 0.15) is 34.9 Å². The maximum absolute atomic E-state index is 12.9. The topological polar surface area (TPSA) is 62.7 Å². The smallest absolute Gasteiger partial charge is 0.276 e. The van der Waals surface area contributed by atoms with Crippen LogP contribution in [-0.4, -0.2) is 41.2 Å². The number of amides is 1. The number of aromatic hydroxyl groups is 1. The molecule has 1 unspecified atom stereocenters. The summed E-state index contributed by atoms with van der Waals surface area (Å²) < 4.78 is 5.47. The summed E-state index contributed by atoms with van der Waals surface area (Å²) in [5.74, 6) is -0.138. The number of carbonyl (C=O) groups is 1. The van der Waals surface area contributed by atoms with E-state index in [1.165, 1.54) is 12.3 Å². The maximum Gasteiger partial charge on any atom is 0.276 e. The number of hydrogen-bond acceptors (Lipinski definition) is 4.